The van der Waals surface area contributed by atoms with E-state index in [9.17, 15) is 56.7 Å². The Morgan fingerprint density at radius 1 is 0.840 bits per heavy atom. The van der Waals surface area contributed by atoms with E-state index in [0.717, 1.165) is 0 Å². The lowest BCUT2D eigenvalue weighted by molar-refractivity contribution is -0.464. The van der Waals surface area contributed by atoms with Crippen LogP contribution >= 0.6 is 0 Å². The minimum atomic E-state index is -7.59. The summed E-state index contributed by atoms with van der Waals surface area (Å²) in [5.41, 5.74) is 0. The van der Waals surface area contributed by atoms with Crippen LogP contribution in [0.4, 0.5) is 48.3 Å². The molecule has 1 atom stereocenters. The van der Waals surface area contributed by atoms with Crippen molar-refractivity contribution in [2.45, 2.75) is 49.3 Å². The molecular formula is C9H9F11O4S. The smallest absolute Gasteiger partial charge is 0.281 e. The van der Waals surface area contributed by atoms with Gasteiger partial charge < -0.3 is 0 Å². The fourth-order valence-electron chi connectivity index (χ4n) is 1.20. The topological polar surface area (TPSA) is 63.6 Å². The van der Waals surface area contributed by atoms with Crippen LogP contribution < -0.4 is 0 Å². The van der Waals surface area contributed by atoms with E-state index in [-0.39, 0.29) is 0 Å². The quantitative estimate of drug-likeness (QED) is 0.476. The van der Waals surface area contributed by atoms with E-state index in [1.54, 1.807) is 0 Å². The fraction of sp³-hybridized carbons (Fsp3) is 1.00. The fourth-order valence-corrected chi connectivity index (χ4v) is 1.65. The van der Waals surface area contributed by atoms with Gasteiger partial charge in [-0.05, 0) is 0 Å². The summed E-state index contributed by atoms with van der Waals surface area (Å²) in [6, 6.07) is 0. The van der Waals surface area contributed by atoms with E-state index in [2.05, 4.69) is 4.74 Å². The van der Waals surface area contributed by atoms with Gasteiger partial charge >= 0.3 is 33.3 Å². The molecule has 0 bridgehead atoms. The molecular weight excluding hydrogens is 413 g/mol. The first-order chi connectivity index (χ1) is 10.6. The molecule has 0 aliphatic heterocycles. The summed E-state index contributed by atoms with van der Waals surface area (Å²) in [6.07, 6.45) is -11.6. The van der Waals surface area contributed by atoms with E-state index in [1.165, 1.54) is 0 Å². The highest BCUT2D eigenvalue weighted by Gasteiger charge is 2.86. The molecule has 0 saturated heterocycles. The Labute approximate surface area is 132 Å². The molecule has 152 valence electrons. The molecule has 1 N–H and O–H groups in total. The summed E-state index contributed by atoms with van der Waals surface area (Å²) in [6.45, 7) is 0.761. The molecule has 1 unspecified atom stereocenters. The standard InChI is InChI=1S/C9H9F11O4S/c1-3(2)5(12,4(10)11)24-8(17,18)6(13,14)7(15,16)9(19,20)25(21,22)23/h3-4H,1-2H3,(H,21,22,23). The molecule has 25 heavy (non-hydrogen) atoms. The summed E-state index contributed by atoms with van der Waals surface area (Å²) in [5.74, 6) is -22.5. The first-order valence-electron chi connectivity index (χ1n) is 5.75. The van der Waals surface area contributed by atoms with Gasteiger partial charge in [0.25, 0.3) is 12.3 Å². The van der Waals surface area contributed by atoms with Gasteiger partial charge in [-0.3, -0.25) is 9.29 Å². The van der Waals surface area contributed by atoms with Crippen molar-refractivity contribution in [1.29, 1.82) is 0 Å². The summed E-state index contributed by atoms with van der Waals surface area (Å²) in [4.78, 5) is 0. The zero-order valence-electron chi connectivity index (χ0n) is 11.9. The second-order valence-electron chi connectivity index (χ2n) is 4.91. The molecule has 0 radical (unpaired) electrons. The van der Waals surface area contributed by atoms with Crippen LogP contribution in [0.5, 0.6) is 0 Å². The predicted molar refractivity (Wildman–Crippen MR) is 57.1 cm³/mol. The van der Waals surface area contributed by atoms with Gasteiger partial charge in [-0.2, -0.15) is 43.5 Å². The zero-order valence-corrected chi connectivity index (χ0v) is 12.7. The van der Waals surface area contributed by atoms with Crippen molar-refractivity contribution in [3.05, 3.63) is 0 Å². The van der Waals surface area contributed by atoms with Crippen LogP contribution in [0, 0.1) is 5.92 Å². The van der Waals surface area contributed by atoms with Crippen LogP contribution in [-0.4, -0.2) is 48.5 Å². The molecule has 0 aliphatic rings. The molecule has 0 saturated carbocycles. The number of ether oxygens (including phenoxy) is 1. The molecule has 0 amide bonds. The second kappa shape index (κ2) is 6.37. The third kappa shape index (κ3) is 3.65. The SMILES string of the molecule is CC(C)C(F)(OC(F)(F)C(F)(F)C(F)(F)C(F)(F)S(=O)(=O)O)C(F)F. The van der Waals surface area contributed by atoms with Gasteiger partial charge in [-0.15, -0.1) is 0 Å². The van der Waals surface area contributed by atoms with Crippen molar-refractivity contribution in [2.24, 2.45) is 5.92 Å². The van der Waals surface area contributed by atoms with Gasteiger partial charge in [0.15, 0.2) is 0 Å². The van der Waals surface area contributed by atoms with Crippen molar-refractivity contribution >= 4 is 10.1 Å². The normalized spacial score (nSPS) is 17.9. The maximum atomic E-state index is 13.6. The Morgan fingerprint density at radius 3 is 1.44 bits per heavy atom. The molecule has 0 aromatic rings. The predicted octanol–water partition coefficient (Wildman–Crippen LogP) is 3.93. The lowest BCUT2D eigenvalue weighted by Crippen LogP contribution is -2.66. The number of hydrogen-bond donors (Lipinski definition) is 1. The Hall–Kier alpha value is -0.900. The van der Waals surface area contributed by atoms with E-state index < -0.39 is 51.5 Å². The van der Waals surface area contributed by atoms with Crippen LogP contribution in [-0.2, 0) is 14.9 Å². The van der Waals surface area contributed by atoms with Crippen LogP contribution in [0.2, 0.25) is 0 Å². The van der Waals surface area contributed by atoms with E-state index in [0.29, 0.717) is 13.8 Å². The number of halogens is 11. The molecule has 16 heteroatoms. The third-order valence-corrected chi connectivity index (χ3v) is 3.72. The molecule has 0 aromatic carbocycles. The monoisotopic (exact) mass is 422 g/mol. The zero-order chi connectivity index (χ0) is 20.9. The van der Waals surface area contributed by atoms with E-state index in [4.69, 9.17) is 4.55 Å². The third-order valence-electron chi connectivity index (χ3n) is 2.82. The maximum absolute atomic E-state index is 13.6. The van der Waals surface area contributed by atoms with Crippen molar-refractivity contribution in [1.82, 2.24) is 0 Å². The van der Waals surface area contributed by atoms with Crippen LogP contribution in [0.15, 0.2) is 0 Å². The summed E-state index contributed by atoms with van der Waals surface area (Å²) in [5, 5.41) is -7.20. The first kappa shape index (κ1) is 24.1. The highest BCUT2D eigenvalue weighted by Crippen LogP contribution is 2.56. The lowest BCUT2D eigenvalue weighted by Gasteiger charge is -2.38. The molecule has 0 heterocycles. The van der Waals surface area contributed by atoms with Crippen LogP contribution in [0.3, 0.4) is 0 Å². The van der Waals surface area contributed by atoms with Crippen molar-refractivity contribution in [3.63, 3.8) is 0 Å². The minimum absolute atomic E-state index is 0.380. The second-order valence-corrected chi connectivity index (χ2v) is 6.38. The van der Waals surface area contributed by atoms with Crippen LogP contribution in [0.1, 0.15) is 13.8 Å². The molecule has 0 fully saturated rings. The Kier molecular flexibility index (Phi) is 6.14. The average Bonchev–Trinajstić information content (AvgIpc) is 2.35. The van der Waals surface area contributed by atoms with Gasteiger partial charge in [0.2, 0.25) is 0 Å². The lowest BCUT2D eigenvalue weighted by atomic mass is 10.0. The van der Waals surface area contributed by atoms with Gasteiger partial charge in [0.05, 0.1) is 0 Å². The van der Waals surface area contributed by atoms with Crippen LogP contribution in [0.25, 0.3) is 0 Å². The largest absolute Gasteiger partial charge is 0.438 e. The minimum Gasteiger partial charge on any atom is -0.281 e. The molecule has 4 nitrogen and oxygen atoms in total. The van der Waals surface area contributed by atoms with Crippen molar-refractivity contribution in [3.8, 4) is 0 Å². The Bertz CT molecular complexity index is 578. The summed E-state index contributed by atoms with van der Waals surface area (Å²) < 4.78 is 173. The van der Waals surface area contributed by atoms with Gasteiger partial charge in [-0.25, -0.2) is 13.2 Å². The molecule has 0 aromatic heterocycles. The molecule has 0 aliphatic carbocycles. The van der Waals surface area contributed by atoms with Gasteiger partial charge in [0, 0.05) is 5.92 Å². The number of rotatable bonds is 8. The average molecular weight is 422 g/mol. The highest BCUT2D eigenvalue weighted by molar-refractivity contribution is 7.87. The first-order valence-corrected chi connectivity index (χ1v) is 7.19. The summed E-state index contributed by atoms with van der Waals surface area (Å²) in [7, 11) is -7.37. The Balaban J connectivity index is 6.23. The Morgan fingerprint density at radius 2 is 1.20 bits per heavy atom. The van der Waals surface area contributed by atoms with Crippen molar-refractivity contribution < 1.29 is 66.0 Å². The van der Waals surface area contributed by atoms with Gasteiger partial charge in [0.1, 0.15) is 0 Å². The van der Waals surface area contributed by atoms with E-state index in [1.807, 2.05) is 0 Å². The molecule has 0 rings (SSSR count). The van der Waals surface area contributed by atoms with Crippen molar-refractivity contribution in [2.75, 3.05) is 0 Å². The maximum Gasteiger partial charge on any atom is 0.438 e. The molecule has 0 spiro atoms. The van der Waals surface area contributed by atoms with E-state index >= 15 is 0 Å². The number of alkyl halides is 11. The number of hydrogen-bond acceptors (Lipinski definition) is 3. The van der Waals surface area contributed by atoms with Gasteiger partial charge in [-0.1, -0.05) is 13.8 Å². The summed E-state index contributed by atoms with van der Waals surface area (Å²) >= 11 is 0. The highest BCUT2D eigenvalue weighted by atomic mass is 32.2.